The summed E-state index contributed by atoms with van der Waals surface area (Å²) < 4.78 is 0.755. The van der Waals surface area contributed by atoms with Crippen LogP contribution >= 0.6 is 15.9 Å². The van der Waals surface area contributed by atoms with Crippen molar-refractivity contribution in [3.63, 3.8) is 0 Å². The number of halogens is 1. The van der Waals surface area contributed by atoms with E-state index in [0.29, 0.717) is 5.56 Å². The van der Waals surface area contributed by atoms with E-state index in [1.54, 1.807) is 19.1 Å². The lowest BCUT2D eigenvalue weighted by atomic mass is 10.1. The third-order valence-corrected chi connectivity index (χ3v) is 3.07. The second-order valence-electron chi connectivity index (χ2n) is 3.97. The van der Waals surface area contributed by atoms with Crippen LogP contribution < -0.4 is 5.32 Å². The van der Waals surface area contributed by atoms with Crippen molar-refractivity contribution in [1.82, 2.24) is 9.97 Å². The molecule has 0 spiro atoms. The van der Waals surface area contributed by atoms with Gasteiger partial charge in [-0.15, -0.1) is 0 Å². The molecule has 0 atom stereocenters. The highest BCUT2D eigenvalue weighted by Crippen LogP contribution is 2.18. The zero-order chi connectivity index (χ0) is 14.7. The summed E-state index contributed by atoms with van der Waals surface area (Å²) in [5, 5.41) is 11.4. The smallest absolute Gasteiger partial charge is 0.358 e. The molecule has 1 amide bonds. The third-order valence-electron chi connectivity index (χ3n) is 2.58. The van der Waals surface area contributed by atoms with Crippen LogP contribution in [0.25, 0.3) is 0 Å². The summed E-state index contributed by atoms with van der Waals surface area (Å²) >= 11 is 3.29. The van der Waals surface area contributed by atoms with Crippen LogP contribution in [-0.4, -0.2) is 27.0 Å². The average Bonchev–Trinajstić information content (AvgIpc) is 2.41. The van der Waals surface area contributed by atoms with Crippen molar-refractivity contribution in [1.29, 1.82) is 0 Å². The van der Waals surface area contributed by atoms with E-state index in [1.165, 1.54) is 12.4 Å². The third kappa shape index (κ3) is 3.00. The number of rotatable bonds is 3. The van der Waals surface area contributed by atoms with E-state index in [9.17, 15) is 9.59 Å². The molecule has 0 fully saturated rings. The van der Waals surface area contributed by atoms with Crippen LogP contribution in [-0.2, 0) is 0 Å². The summed E-state index contributed by atoms with van der Waals surface area (Å²) in [5.74, 6) is -1.77. The van der Waals surface area contributed by atoms with E-state index in [4.69, 9.17) is 5.11 Å². The number of aromatic carboxylic acids is 1. The first-order valence-electron chi connectivity index (χ1n) is 5.61. The van der Waals surface area contributed by atoms with Gasteiger partial charge in [0.15, 0.2) is 11.5 Å². The van der Waals surface area contributed by atoms with Crippen molar-refractivity contribution in [2.45, 2.75) is 6.92 Å². The molecule has 2 N–H and O–H groups in total. The average molecular weight is 336 g/mol. The summed E-state index contributed by atoms with van der Waals surface area (Å²) in [6.45, 7) is 1.79. The number of carbonyl (C=O) groups excluding carboxylic acids is 1. The quantitative estimate of drug-likeness (QED) is 0.898. The summed E-state index contributed by atoms with van der Waals surface area (Å²) in [4.78, 5) is 30.7. The zero-order valence-electron chi connectivity index (χ0n) is 10.4. The minimum Gasteiger partial charge on any atom is -0.476 e. The molecule has 0 radical (unpaired) electrons. The number of nitrogens with zero attached hydrogens (tertiary/aromatic N) is 2. The molecule has 1 heterocycles. The number of aryl methyl sites for hydroxylation is 1. The van der Waals surface area contributed by atoms with E-state index in [0.717, 1.165) is 10.0 Å². The number of amides is 1. The highest BCUT2D eigenvalue weighted by atomic mass is 79.9. The van der Waals surface area contributed by atoms with Gasteiger partial charge >= 0.3 is 5.97 Å². The van der Waals surface area contributed by atoms with Crippen LogP contribution in [0.4, 0.5) is 5.82 Å². The molecular weight excluding hydrogens is 326 g/mol. The summed E-state index contributed by atoms with van der Waals surface area (Å²) in [6, 6.07) is 5.26. The lowest BCUT2D eigenvalue weighted by Crippen LogP contribution is -2.18. The fourth-order valence-electron chi connectivity index (χ4n) is 1.60. The fraction of sp³-hybridized carbons (Fsp3) is 0.0769. The molecular formula is C13H10BrN3O3. The Morgan fingerprint density at radius 2 is 1.95 bits per heavy atom. The fourth-order valence-corrected chi connectivity index (χ4v) is 1.96. The summed E-state index contributed by atoms with van der Waals surface area (Å²) in [7, 11) is 0. The predicted octanol–water partition coefficient (Wildman–Crippen LogP) is 2.50. The van der Waals surface area contributed by atoms with E-state index < -0.39 is 11.9 Å². The number of benzene rings is 1. The van der Waals surface area contributed by atoms with Crippen molar-refractivity contribution in [3.8, 4) is 0 Å². The molecule has 0 aliphatic rings. The van der Waals surface area contributed by atoms with Crippen LogP contribution in [0.5, 0.6) is 0 Å². The maximum absolute atomic E-state index is 12.2. The molecule has 6 nitrogen and oxygen atoms in total. The first-order chi connectivity index (χ1) is 9.49. The molecule has 7 heteroatoms. The van der Waals surface area contributed by atoms with Gasteiger partial charge in [0.05, 0.1) is 0 Å². The van der Waals surface area contributed by atoms with E-state index in [2.05, 4.69) is 31.2 Å². The zero-order valence-corrected chi connectivity index (χ0v) is 12.0. The van der Waals surface area contributed by atoms with Gasteiger partial charge in [0.2, 0.25) is 0 Å². The summed E-state index contributed by atoms with van der Waals surface area (Å²) in [5.41, 5.74) is 0.904. The Bertz CT molecular complexity index is 688. The number of carboxylic acid groups (broad SMARTS) is 1. The Kier molecular flexibility index (Phi) is 4.09. The van der Waals surface area contributed by atoms with Gasteiger partial charge in [-0.25, -0.2) is 14.8 Å². The van der Waals surface area contributed by atoms with Gasteiger partial charge in [-0.2, -0.15) is 0 Å². The maximum atomic E-state index is 12.2. The Morgan fingerprint density at radius 1 is 1.25 bits per heavy atom. The van der Waals surface area contributed by atoms with Gasteiger partial charge in [-0.3, -0.25) is 4.79 Å². The van der Waals surface area contributed by atoms with Crippen molar-refractivity contribution < 1.29 is 14.7 Å². The van der Waals surface area contributed by atoms with Crippen molar-refractivity contribution in [2.24, 2.45) is 0 Å². The number of carboxylic acids is 1. The predicted molar refractivity (Wildman–Crippen MR) is 75.8 cm³/mol. The molecule has 0 saturated carbocycles. The Balaban J connectivity index is 2.33. The highest BCUT2D eigenvalue weighted by molar-refractivity contribution is 9.10. The Labute approximate surface area is 123 Å². The second kappa shape index (κ2) is 5.79. The van der Waals surface area contributed by atoms with Gasteiger partial charge < -0.3 is 10.4 Å². The molecule has 2 rings (SSSR count). The molecule has 0 unspecified atom stereocenters. The maximum Gasteiger partial charge on any atom is 0.358 e. The van der Waals surface area contributed by atoms with E-state index >= 15 is 0 Å². The normalized spacial score (nSPS) is 10.1. The van der Waals surface area contributed by atoms with Crippen LogP contribution in [0, 0.1) is 6.92 Å². The number of hydrogen-bond acceptors (Lipinski definition) is 4. The van der Waals surface area contributed by atoms with Crippen LogP contribution in [0.3, 0.4) is 0 Å². The largest absolute Gasteiger partial charge is 0.476 e. The molecule has 0 aliphatic heterocycles. The molecule has 1 aromatic heterocycles. The van der Waals surface area contributed by atoms with Crippen LogP contribution in [0.15, 0.2) is 35.1 Å². The lowest BCUT2D eigenvalue weighted by Gasteiger charge is -2.08. The Hall–Kier alpha value is -2.28. The van der Waals surface area contributed by atoms with E-state index in [-0.39, 0.29) is 11.5 Å². The van der Waals surface area contributed by atoms with Crippen molar-refractivity contribution in [2.75, 3.05) is 5.32 Å². The molecule has 102 valence electrons. The molecule has 0 bridgehead atoms. The second-order valence-corrected chi connectivity index (χ2v) is 4.89. The van der Waals surface area contributed by atoms with Crippen molar-refractivity contribution in [3.05, 3.63) is 51.9 Å². The first-order valence-corrected chi connectivity index (χ1v) is 6.40. The van der Waals surface area contributed by atoms with Gasteiger partial charge in [0.25, 0.3) is 5.91 Å². The molecule has 20 heavy (non-hydrogen) atoms. The first kappa shape index (κ1) is 14.1. The van der Waals surface area contributed by atoms with Gasteiger partial charge in [-0.1, -0.05) is 22.0 Å². The molecule has 0 aliphatic carbocycles. The molecule has 1 aromatic carbocycles. The minimum atomic E-state index is -1.25. The number of hydrogen-bond donors (Lipinski definition) is 2. The van der Waals surface area contributed by atoms with Crippen LogP contribution in [0.2, 0.25) is 0 Å². The summed E-state index contributed by atoms with van der Waals surface area (Å²) in [6.07, 6.45) is 2.57. The SMILES string of the molecule is Cc1ccc(Br)cc1C(=O)Nc1nccnc1C(=O)O. The highest BCUT2D eigenvalue weighted by Gasteiger charge is 2.17. The number of aromatic nitrogens is 2. The molecule has 2 aromatic rings. The van der Waals surface area contributed by atoms with E-state index in [1.807, 2.05) is 6.07 Å². The minimum absolute atomic E-state index is 0.0793. The lowest BCUT2D eigenvalue weighted by molar-refractivity contribution is 0.0691. The molecule has 0 saturated heterocycles. The monoisotopic (exact) mass is 335 g/mol. The number of carbonyl (C=O) groups is 2. The Morgan fingerprint density at radius 3 is 2.65 bits per heavy atom. The topological polar surface area (TPSA) is 92.2 Å². The van der Waals surface area contributed by atoms with Crippen molar-refractivity contribution >= 4 is 33.6 Å². The number of nitrogens with one attached hydrogen (secondary N) is 1. The van der Waals surface area contributed by atoms with Crippen LogP contribution in [0.1, 0.15) is 26.4 Å². The van der Waals surface area contributed by atoms with Gasteiger partial charge in [-0.05, 0) is 24.6 Å². The van der Waals surface area contributed by atoms with Gasteiger partial charge in [0.1, 0.15) is 0 Å². The van der Waals surface area contributed by atoms with Gasteiger partial charge in [0, 0.05) is 22.4 Å². The number of anilines is 1. The standard InChI is InChI=1S/C13H10BrN3O3/c1-7-2-3-8(14)6-9(7)12(18)17-11-10(13(19)20)15-4-5-16-11/h2-6H,1H3,(H,19,20)(H,16,17,18).